The molecule has 0 unspecified atom stereocenters. The number of hydrogen-bond donors (Lipinski definition) is 2. The fraction of sp³-hybridized carbons (Fsp3) is 0.429. The van der Waals surface area contributed by atoms with E-state index in [2.05, 4.69) is 15.5 Å². The summed E-state index contributed by atoms with van der Waals surface area (Å²) in [6.45, 7) is 6.39. The smallest absolute Gasteiger partial charge is 0.240 e. The summed E-state index contributed by atoms with van der Waals surface area (Å²) < 4.78 is 11.2. The molecule has 0 radical (unpaired) electrons. The van der Waals surface area contributed by atoms with Gasteiger partial charge < -0.3 is 20.3 Å². The van der Waals surface area contributed by atoms with E-state index >= 15 is 0 Å². The van der Waals surface area contributed by atoms with E-state index < -0.39 is 11.5 Å². The van der Waals surface area contributed by atoms with Crippen LogP contribution in [0.15, 0.2) is 47.0 Å². The molecule has 0 saturated carbocycles. The van der Waals surface area contributed by atoms with E-state index in [0.29, 0.717) is 54.8 Å². The molecule has 0 bridgehead atoms. The Kier molecular flexibility index (Phi) is 10.7. The number of ketones is 1. The maximum atomic E-state index is 13.1. The van der Waals surface area contributed by atoms with Crippen LogP contribution in [0.4, 0.5) is 0 Å². The molecule has 10 heteroatoms. The van der Waals surface area contributed by atoms with Crippen molar-refractivity contribution in [2.24, 2.45) is 11.1 Å². The van der Waals surface area contributed by atoms with Gasteiger partial charge in [0.2, 0.25) is 23.4 Å². The minimum atomic E-state index is -0.737. The molecule has 3 rings (SSSR count). The molecule has 3 aromatic rings. The number of amides is 1. The topological polar surface area (TPSA) is 120 Å². The van der Waals surface area contributed by atoms with Crippen LogP contribution < -0.4 is 15.8 Å². The first-order chi connectivity index (χ1) is 18.1. The number of aromatic nitrogens is 2. The first-order valence-corrected chi connectivity index (χ1v) is 13.4. The maximum absolute atomic E-state index is 13.1. The molecule has 204 valence electrons. The number of carbonyl (C=O) groups excluding carboxylic acids is 2. The lowest BCUT2D eigenvalue weighted by Gasteiger charge is -2.22. The van der Waals surface area contributed by atoms with E-state index in [-0.39, 0.29) is 17.5 Å². The van der Waals surface area contributed by atoms with Crippen molar-refractivity contribution in [3.8, 4) is 5.75 Å². The van der Waals surface area contributed by atoms with E-state index in [0.717, 1.165) is 23.3 Å². The quantitative estimate of drug-likeness (QED) is 0.211. The molecule has 3 N–H and O–H groups in total. The highest BCUT2D eigenvalue weighted by Gasteiger charge is 2.30. The Hall–Kier alpha value is -2.94. The Bertz CT molecular complexity index is 1220. The van der Waals surface area contributed by atoms with Gasteiger partial charge in [0.25, 0.3) is 0 Å². The van der Waals surface area contributed by atoms with Gasteiger partial charge in [-0.05, 0) is 61.2 Å². The Morgan fingerprint density at radius 1 is 1.05 bits per heavy atom. The normalized spacial score (nSPS) is 12.3. The van der Waals surface area contributed by atoms with Crippen molar-refractivity contribution in [3.05, 3.63) is 75.4 Å². The van der Waals surface area contributed by atoms with Crippen molar-refractivity contribution >= 4 is 34.9 Å². The summed E-state index contributed by atoms with van der Waals surface area (Å²) in [7, 11) is 0. The molecule has 2 aromatic carbocycles. The largest absolute Gasteiger partial charge is 0.493 e. The fourth-order valence-electron chi connectivity index (χ4n) is 3.58. The van der Waals surface area contributed by atoms with Gasteiger partial charge in [0.05, 0.1) is 29.1 Å². The number of Topliss-reactive ketones (excluding diaryl/α,β-unsaturated/α-hetero) is 1. The third-order valence-electron chi connectivity index (χ3n) is 5.86. The van der Waals surface area contributed by atoms with Gasteiger partial charge in [-0.2, -0.15) is 4.98 Å². The second kappa shape index (κ2) is 13.7. The van der Waals surface area contributed by atoms with Gasteiger partial charge in [0.1, 0.15) is 5.75 Å². The van der Waals surface area contributed by atoms with Gasteiger partial charge in [0.15, 0.2) is 0 Å². The predicted molar refractivity (Wildman–Crippen MR) is 148 cm³/mol. The second-order valence-electron chi connectivity index (χ2n) is 10.1. The highest BCUT2D eigenvalue weighted by Crippen LogP contribution is 2.23. The van der Waals surface area contributed by atoms with Gasteiger partial charge in [-0.15, -0.1) is 0 Å². The Morgan fingerprint density at radius 2 is 1.76 bits per heavy atom. The van der Waals surface area contributed by atoms with E-state index in [9.17, 15) is 9.59 Å². The van der Waals surface area contributed by atoms with E-state index in [1.165, 1.54) is 0 Å². The number of ether oxygens (including phenoxy) is 1. The standard InChI is InChI=1S/C28H34Cl2N4O4/c1-28(2,3)27(36)32-23(6-4-5-14-31)25(35)26-33-24(38-34-26)17-18-7-10-20(11-8-18)37-15-13-19-9-12-21(29)22(30)16-19/h7-12,16,23H,4-6,13-15,17,31H2,1-3H3,(H,32,36)/t23-/m0/s1. The van der Waals surface area contributed by atoms with Gasteiger partial charge >= 0.3 is 0 Å². The SMILES string of the molecule is CC(C)(C)C(=O)N[C@@H](CCCCN)C(=O)c1noc(Cc2ccc(OCCc3ccc(Cl)c(Cl)c3)cc2)n1. The number of hydrogen-bond acceptors (Lipinski definition) is 7. The maximum Gasteiger partial charge on any atom is 0.240 e. The zero-order valence-electron chi connectivity index (χ0n) is 21.9. The van der Waals surface area contributed by atoms with E-state index in [4.69, 9.17) is 38.2 Å². The van der Waals surface area contributed by atoms with Crippen LogP contribution in [0.2, 0.25) is 10.0 Å². The lowest BCUT2D eigenvalue weighted by Crippen LogP contribution is -2.46. The van der Waals surface area contributed by atoms with Crippen molar-refractivity contribution in [3.63, 3.8) is 0 Å². The highest BCUT2D eigenvalue weighted by molar-refractivity contribution is 6.42. The Labute approximate surface area is 233 Å². The van der Waals surface area contributed by atoms with E-state index in [1.807, 2.05) is 36.4 Å². The zero-order valence-corrected chi connectivity index (χ0v) is 23.4. The van der Waals surface area contributed by atoms with Crippen LogP contribution in [0.25, 0.3) is 0 Å². The van der Waals surface area contributed by atoms with Crippen LogP contribution in [0.1, 0.15) is 67.7 Å². The molecular weight excluding hydrogens is 527 g/mol. The lowest BCUT2D eigenvalue weighted by molar-refractivity contribution is -0.129. The lowest BCUT2D eigenvalue weighted by atomic mass is 9.94. The molecule has 1 amide bonds. The third-order valence-corrected chi connectivity index (χ3v) is 6.60. The highest BCUT2D eigenvalue weighted by atomic mass is 35.5. The van der Waals surface area contributed by atoms with Crippen LogP contribution in [0.3, 0.4) is 0 Å². The average molecular weight is 562 g/mol. The summed E-state index contributed by atoms with van der Waals surface area (Å²) in [5, 5.41) is 7.76. The van der Waals surface area contributed by atoms with Crippen LogP contribution in [0.5, 0.6) is 5.75 Å². The first kappa shape index (κ1) is 29.6. The van der Waals surface area contributed by atoms with Crippen LogP contribution in [0, 0.1) is 5.41 Å². The van der Waals surface area contributed by atoms with Crippen molar-refractivity contribution < 1.29 is 18.8 Å². The van der Waals surface area contributed by atoms with Crippen molar-refractivity contribution in [2.45, 2.75) is 58.9 Å². The molecule has 0 aliphatic heterocycles. The van der Waals surface area contributed by atoms with Gasteiger partial charge in [-0.3, -0.25) is 9.59 Å². The second-order valence-corrected chi connectivity index (χ2v) is 10.9. The third kappa shape index (κ3) is 8.82. The number of unbranched alkanes of at least 4 members (excludes halogenated alkanes) is 1. The van der Waals surface area contributed by atoms with Crippen LogP contribution >= 0.6 is 23.2 Å². The molecule has 0 saturated heterocycles. The monoisotopic (exact) mass is 560 g/mol. The van der Waals surface area contributed by atoms with Crippen molar-refractivity contribution in [2.75, 3.05) is 13.2 Å². The molecule has 38 heavy (non-hydrogen) atoms. The number of nitrogens with zero attached hydrogens (tertiary/aromatic N) is 2. The summed E-state index contributed by atoms with van der Waals surface area (Å²) in [6.07, 6.45) is 2.96. The number of halogens is 2. The first-order valence-electron chi connectivity index (χ1n) is 12.6. The summed E-state index contributed by atoms with van der Waals surface area (Å²) in [5.74, 6) is 0.399. The minimum absolute atomic E-state index is 0.0470. The average Bonchev–Trinajstić information content (AvgIpc) is 3.34. The Morgan fingerprint density at radius 3 is 2.42 bits per heavy atom. The number of nitrogens with one attached hydrogen (secondary N) is 1. The molecule has 8 nitrogen and oxygen atoms in total. The summed E-state index contributed by atoms with van der Waals surface area (Å²) in [4.78, 5) is 29.9. The van der Waals surface area contributed by atoms with Gasteiger partial charge in [-0.25, -0.2) is 0 Å². The summed E-state index contributed by atoms with van der Waals surface area (Å²) in [6, 6.07) is 12.3. The predicted octanol–water partition coefficient (Wildman–Crippen LogP) is 5.43. The summed E-state index contributed by atoms with van der Waals surface area (Å²) in [5.41, 5.74) is 6.92. The summed E-state index contributed by atoms with van der Waals surface area (Å²) >= 11 is 12.0. The van der Waals surface area contributed by atoms with E-state index in [1.54, 1.807) is 26.8 Å². The van der Waals surface area contributed by atoms with Crippen molar-refractivity contribution in [1.82, 2.24) is 15.5 Å². The number of benzene rings is 2. The fourth-order valence-corrected chi connectivity index (χ4v) is 3.90. The molecule has 0 aliphatic carbocycles. The molecule has 1 heterocycles. The van der Waals surface area contributed by atoms with Crippen molar-refractivity contribution in [1.29, 1.82) is 0 Å². The molecule has 0 spiro atoms. The van der Waals surface area contributed by atoms with Crippen LogP contribution in [-0.4, -0.2) is 41.0 Å². The number of carbonyl (C=O) groups is 2. The number of nitrogens with two attached hydrogens (primary N) is 1. The molecular formula is C28H34Cl2N4O4. The molecule has 1 atom stereocenters. The van der Waals surface area contributed by atoms with Gasteiger partial charge in [0, 0.05) is 11.8 Å². The minimum Gasteiger partial charge on any atom is -0.493 e. The zero-order chi connectivity index (χ0) is 27.7. The molecule has 1 aromatic heterocycles. The number of rotatable bonds is 13. The molecule has 0 aliphatic rings. The van der Waals surface area contributed by atoms with Gasteiger partial charge in [-0.1, -0.05) is 67.3 Å². The Balaban J connectivity index is 1.56. The van der Waals surface area contributed by atoms with Crippen LogP contribution in [-0.2, 0) is 17.6 Å². The molecule has 0 fully saturated rings.